The van der Waals surface area contributed by atoms with E-state index in [1.54, 1.807) is 18.7 Å². The zero-order chi connectivity index (χ0) is 19.3. The van der Waals surface area contributed by atoms with Crippen LogP contribution < -0.4 is 5.32 Å². The molecule has 5 rings (SSSR count). The number of aromatic nitrogens is 2. The van der Waals surface area contributed by atoms with Crippen LogP contribution in [0.4, 0.5) is 11.4 Å². The molecule has 1 aliphatic carbocycles. The second kappa shape index (κ2) is 6.09. The number of hydrogen-bond donors (Lipinski definition) is 2. The molecule has 5 heteroatoms. The van der Waals surface area contributed by atoms with Gasteiger partial charge in [0.05, 0.1) is 23.2 Å². The van der Waals surface area contributed by atoms with Crippen LogP contribution in [0.15, 0.2) is 59.5 Å². The van der Waals surface area contributed by atoms with E-state index < -0.39 is 0 Å². The number of nitrogens with one attached hydrogen (secondary N) is 2. The summed E-state index contributed by atoms with van der Waals surface area (Å²) < 4.78 is 5.53. The van der Waals surface area contributed by atoms with Gasteiger partial charge in [0.1, 0.15) is 5.58 Å². The number of nitrogens with zero attached hydrogens (tertiary/aromatic N) is 1. The number of fused-ring (bicyclic) bond motifs is 2. The van der Waals surface area contributed by atoms with E-state index in [4.69, 9.17) is 4.42 Å². The number of pyridine rings is 1. The molecule has 0 spiro atoms. The number of H-pyrrole nitrogens is 1. The molecule has 1 aliphatic rings. The normalized spacial score (nSPS) is 15.6. The summed E-state index contributed by atoms with van der Waals surface area (Å²) in [5.41, 5.74) is 6.15. The Labute approximate surface area is 162 Å². The second-order valence-corrected chi connectivity index (χ2v) is 8.20. The minimum Gasteiger partial charge on any atom is -0.464 e. The highest BCUT2D eigenvalue weighted by Gasteiger charge is 2.35. The molecule has 0 aliphatic heterocycles. The summed E-state index contributed by atoms with van der Waals surface area (Å²) in [5.74, 6) is 0.171. The summed E-state index contributed by atoms with van der Waals surface area (Å²) in [6, 6.07) is 11.8. The summed E-state index contributed by atoms with van der Waals surface area (Å²) in [6.07, 6.45) is 6.59. The number of aromatic amines is 1. The van der Waals surface area contributed by atoms with Gasteiger partial charge in [0.15, 0.2) is 5.78 Å². The third-order valence-electron chi connectivity index (χ3n) is 5.35. The maximum atomic E-state index is 13.0. The van der Waals surface area contributed by atoms with E-state index in [2.05, 4.69) is 29.1 Å². The van der Waals surface area contributed by atoms with Crippen molar-refractivity contribution in [1.29, 1.82) is 0 Å². The number of furan rings is 1. The molecule has 3 aromatic heterocycles. The van der Waals surface area contributed by atoms with Gasteiger partial charge in [0, 0.05) is 47.2 Å². The van der Waals surface area contributed by atoms with Crippen molar-refractivity contribution >= 4 is 28.1 Å². The highest BCUT2D eigenvalue weighted by atomic mass is 16.3. The fraction of sp³-hybridized carbons (Fsp3) is 0.217. The van der Waals surface area contributed by atoms with Crippen molar-refractivity contribution < 1.29 is 9.21 Å². The van der Waals surface area contributed by atoms with E-state index >= 15 is 0 Å². The lowest BCUT2D eigenvalue weighted by molar-refractivity contribution is 0.0912. The Bertz CT molecular complexity index is 1190. The van der Waals surface area contributed by atoms with Crippen LogP contribution in [-0.2, 0) is 6.42 Å². The molecule has 5 nitrogen and oxygen atoms in total. The third kappa shape index (κ3) is 2.80. The predicted octanol–water partition coefficient (Wildman–Crippen LogP) is 5.72. The average molecular weight is 371 g/mol. The van der Waals surface area contributed by atoms with Crippen molar-refractivity contribution in [3.63, 3.8) is 0 Å². The predicted molar refractivity (Wildman–Crippen MR) is 110 cm³/mol. The summed E-state index contributed by atoms with van der Waals surface area (Å²) in [6.45, 7) is 4.28. The largest absolute Gasteiger partial charge is 0.464 e. The molecule has 4 aromatic rings. The molecule has 1 aromatic carbocycles. The fourth-order valence-corrected chi connectivity index (χ4v) is 4.09. The van der Waals surface area contributed by atoms with Crippen LogP contribution in [0.1, 0.15) is 36.3 Å². The maximum absolute atomic E-state index is 13.0. The van der Waals surface area contributed by atoms with Gasteiger partial charge < -0.3 is 14.7 Å². The zero-order valence-corrected chi connectivity index (χ0v) is 15.9. The number of anilines is 2. The van der Waals surface area contributed by atoms with E-state index in [0.29, 0.717) is 6.42 Å². The maximum Gasteiger partial charge on any atom is 0.167 e. The van der Waals surface area contributed by atoms with Crippen LogP contribution in [0.2, 0.25) is 0 Å². The molecule has 0 saturated heterocycles. The Morgan fingerprint density at radius 3 is 2.75 bits per heavy atom. The average Bonchev–Trinajstić information content (AvgIpc) is 3.26. The zero-order valence-electron chi connectivity index (χ0n) is 15.9. The number of carbonyl (C=O) groups excluding carboxylic acids is 1. The monoisotopic (exact) mass is 371 g/mol. The number of rotatable bonds is 3. The standard InChI is InChI=1S/C23H21N3O2/c1-23(2)12-17-20(18(27)13-23)22(21(26-17)15-5-8-24-9-6-15)25-16-4-3-14-7-10-28-19(14)11-16/h3-11,25-26H,12-13H2,1-2H3. The first-order valence-electron chi connectivity index (χ1n) is 9.43. The topological polar surface area (TPSA) is 70.9 Å². The molecule has 0 saturated carbocycles. The Balaban J connectivity index is 1.66. The van der Waals surface area contributed by atoms with Crippen LogP contribution in [-0.4, -0.2) is 15.8 Å². The fourth-order valence-electron chi connectivity index (χ4n) is 4.09. The first kappa shape index (κ1) is 16.8. The van der Waals surface area contributed by atoms with Gasteiger partial charge in [-0.15, -0.1) is 0 Å². The van der Waals surface area contributed by atoms with Crippen molar-refractivity contribution in [1.82, 2.24) is 9.97 Å². The van der Waals surface area contributed by atoms with Gasteiger partial charge in [-0.05, 0) is 42.2 Å². The van der Waals surface area contributed by atoms with Gasteiger partial charge in [0.25, 0.3) is 0 Å². The molecular weight excluding hydrogens is 350 g/mol. The Kier molecular flexibility index (Phi) is 3.66. The van der Waals surface area contributed by atoms with Crippen LogP contribution in [0.25, 0.3) is 22.2 Å². The van der Waals surface area contributed by atoms with E-state index in [-0.39, 0.29) is 11.2 Å². The molecule has 0 fully saturated rings. The number of benzene rings is 1. The van der Waals surface area contributed by atoms with Crippen LogP contribution in [0.5, 0.6) is 0 Å². The highest BCUT2D eigenvalue weighted by Crippen LogP contribution is 2.43. The van der Waals surface area contributed by atoms with Gasteiger partial charge in [0.2, 0.25) is 0 Å². The van der Waals surface area contributed by atoms with Crippen molar-refractivity contribution in [2.75, 3.05) is 5.32 Å². The summed E-state index contributed by atoms with van der Waals surface area (Å²) >= 11 is 0. The molecular formula is C23H21N3O2. The Hall–Kier alpha value is -3.34. The molecule has 3 heterocycles. The molecule has 0 unspecified atom stereocenters. The first-order valence-corrected chi connectivity index (χ1v) is 9.43. The smallest absolute Gasteiger partial charge is 0.167 e. The Morgan fingerprint density at radius 1 is 1.11 bits per heavy atom. The molecule has 0 amide bonds. The van der Waals surface area contributed by atoms with E-state index in [1.165, 1.54) is 0 Å². The van der Waals surface area contributed by atoms with E-state index in [0.717, 1.165) is 51.3 Å². The number of carbonyl (C=O) groups is 1. The lowest BCUT2D eigenvalue weighted by Gasteiger charge is -2.28. The lowest BCUT2D eigenvalue weighted by atomic mass is 9.76. The van der Waals surface area contributed by atoms with E-state index in [1.807, 2.05) is 36.4 Å². The summed E-state index contributed by atoms with van der Waals surface area (Å²) in [4.78, 5) is 20.7. The molecule has 0 bridgehead atoms. The quantitative estimate of drug-likeness (QED) is 0.483. The van der Waals surface area contributed by atoms with Gasteiger partial charge in [-0.2, -0.15) is 0 Å². The van der Waals surface area contributed by atoms with Crippen molar-refractivity contribution in [3.8, 4) is 11.3 Å². The molecule has 0 atom stereocenters. The van der Waals surface area contributed by atoms with Crippen molar-refractivity contribution in [2.45, 2.75) is 26.7 Å². The van der Waals surface area contributed by atoms with Gasteiger partial charge in [-0.25, -0.2) is 0 Å². The molecule has 140 valence electrons. The van der Waals surface area contributed by atoms with Crippen LogP contribution in [0, 0.1) is 5.41 Å². The molecule has 28 heavy (non-hydrogen) atoms. The SMILES string of the molecule is CC1(C)CC(=O)c2c([nH]c(-c3ccncc3)c2Nc2ccc3ccoc3c2)C1. The minimum atomic E-state index is -0.0468. The highest BCUT2D eigenvalue weighted by molar-refractivity contribution is 6.07. The number of hydrogen-bond acceptors (Lipinski definition) is 4. The van der Waals surface area contributed by atoms with Crippen molar-refractivity contribution in [3.05, 3.63) is 66.3 Å². The number of Topliss-reactive ketones (excluding diaryl/α,β-unsaturated/α-hetero) is 1. The summed E-state index contributed by atoms with van der Waals surface area (Å²) in [5, 5.41) is 4.54. The van der Waals surface area contributed by atoms with Gasteiger partial charge in [-0.3, -0.25) is 9.78 Å². The van der Waals surface area contributed by atoms with Gasteiger partial charge in [-0.1, -0.05) is 13.8 Å². The van der Waals surface area contributed by atoms with Crippen LogP contribution in [0.3, 0.4) is 0 Å². The van der Waals surface area contributed by atoms with Crippen LogP contribution >= 0.6 is 0 Å². The van der Waals surface area contributed by atoms with E-state index in [9.17, 15) is 4.79 Å². The minimum absolute atomic E-state index is 0.0468. The molecule has 0 radical (unpaired) electrons. The number of ketones is 1. The van der Waals surface area contributed by atoms with Gasteiger partial charge >= 0.3 is 0 Å². The Morgan fingerprint density at radius 2 is 1.93 bits per heavy atom. The second-order valence-electron chi connectivity index (χ2n) is 8.20. The lowest BCUT2D eigenvalue weighted by Crippen LogP contribution is -2.26. The van der Waals surface area contributed by atoms with Crippen molar-refractivity contribution in [2.24, 2.45) is 5.41 Å². The summed E-state index contributed by atoms with van der Waals surface area (Å²) in [7, 11) is 0. The third-order valence-corrected chi connectivity index (χ3v) is 5.35. The molecule has 2 N–H and O–H groups in total. The first-order chi connectivity index (χ1) is 13.5.